The molecule has 1 aromatic heterocycles. The lowest BCUT2D eigenvalue weighted by Gasteiger charge is -2.47. The number of aryl methyl sites for hydroxylation is 1. The Balaban J connectivity index is 1.25. The molecule has 5 heterocycles. The van der Waals surface area contributed by atoms with Crippen molar-refractivity contribution in [3.8, 4) is 0 Å². The number of aromatic nitrogens is 1. The van der Waals surface area contributed by atoms with Gasteiger partial charge in [-0.05, 0) is 76.8 Å². The maximum absolute atomic E-state index is 7.32. The molecule has 176 valence electrons. The van der Waals surface area contributed by atoms with Crippen molar-refractivity contribution in [3.05, 3.63) is 53.6 Å². The third kappa shape index (κ3) is 3.44. The lowest BCUT2D eigenvalue weighted by molar-refractivity contribution is 0.0826. The Hall–Kier alpha value is -1.89. The molecule has 1 N–H and O–H groups in total. The average molecular weight is 467 g/mol. The minimum absolute atomic E-state index is 0.204. The van der Waals surface area contributed by atoms with Crippen LogP contribution in [0.15, 0.2) is 47.4 Å². The van der Waals surface area contributed by atoms with E-state index in [4.69, 9.17) is 21.6 Å². The second kappa shape index (κ2) is 7.82. The summed E-state index contributed by atoms with van der Waals surface area (Å²) in [5.74, 6) is 2.21. The predicted octanol–water partition coefficient (Wildman–Crippen LogP) is 3.80. The molecule has 0 amide bonds. The monoisotopic (exact) mass is 466 g/mol. The molecule has 6 nitrogen and oxygen atoms in total. The zero-order valence-corrected chi connectivity index (χ0v) is 20.7. The maximum Gasteiger partial charge on any atom is 0.138 e. The summed E-state index contributed by atoms with van der Waals surface area (Å²) in [7, 11) is 2.28. The third-order valence-corrected chi connectivity index (χ3v) is 9.31. The van der Waals surface area contributed by atoms with Gasteiger partial charge in [0.1, 0.15) is 22.7 Å². The highest BCUT2D eigenvalue weighted by Gasteiger charge is 2.54. The summed E-state index contributed by atoms with van der Waals surface area (Å²) in [6.45, 7) is 7.60. The maximum atomic E-state index is 7.32. The van der Waals surface area contributed by atoms with Gasteiger partial charge in [0.2, 0.25) is 0 Å². The standard InChI is InChI=1S/C26H35ClN6/c1-18-7-6-14-28-23(18)19-8-4-9-20(29-19)25(2)24(27)33-21(30-25)10-5-11-22(33)32-16-15-31(3)26(17-32)12-13-26/h5-7,10-11,14,19-20,24,29H,4,8-9,12-13,15-17H2,1-3H3/t19-,20+,24?,25?/m0/s1. The summed E-state index contributed by atoms with van der Waals surface area (Å²) in [6.07, 6.45) is 14.3. The molecule has 7 heteroatoms. The first-order chi connectivity index (χ1) is 15.9. The van der Waals surface area contributed by atoms with E-state index < -0.39 is 5.54 Å². The number of piperidine rings is 1. The molecule has 6 rings (SSSR count). The van der Waals surface area contributed by atoms with Crippen LogP contribution >= 0.6 is 11.6 Å². The largest absolute Gasteiger partial charge is 0.355 e. The van der Waals surface area contributed by atoms with Crippen LogP contribution in [0, 0.1) is 6.92 Å². The number of pyridine rings is 1. The first-order valence-electron chi connectivity index (χ1n) is 12.5. The third-order valence-electron chi connectivity index (χ3n) is 8.67. The molecule has 0 radical (unpaired) electrons. The molecule has 0 aromatic carbocycles. The molecule has 2 saturated heterocycles. The number of nitrogens with one attached hydrogen (secondary N) is 1. The van der Waals surface area contributed by atoms with Gasteiger partial charge in [0.05, 0.1) is 11.7 Å². The number of halogens is 1. The van der Waals surface area contributed by atoms with Crippen LogP contribution in [-0.4, -0.2) is 74.8 Å². The van der Waals surface area contributed by atoms with Gasteiger partial charge in [0, 0.05) is 37.4 Å². The molecule has 1 spiro atoms. The van der Waals surface area contributed by atoms with Gasteiger partial charge in [-0.2, -0.15) is 0 Å². The Morgan fingerprint density at radius 2 is 2.06 bits per heavy atom. The number of rotatable bonds is 3. The highest BCUT2D eigenvalue weighted by Crippen LogP contribution is 2.46. The fourth-order valence-corrected chi connectivity index (χ4v) is 6.70. The van der Waals surface area contributed by atoms with Crippen molar-refractivity contribution in [3.63, 3.8) is 0 Å². The van der Waals surface area contributed by atoms with Crippen LogP contribution in [-0.2, 0) is 0 Å². The highest BCUT2D eigenvalue weighted by molar-refractivity contribution is 6.24. The normalized spacial score (nSPS) is 35.5. The molecule has 1 saturated carbocycles. The second-order valence-corrected chi connectivity index (χ2v) is 11.2. The Labute approximate surface area is 202 Å². The number of hydrogen-bond acceptors (Lipinski definition) is 6. The van der Waals surface area contributed by atoms with Gasteiger partial charge in [-0.3, -0.25) is 19.8 Å². The average Bonchev–Trinajstić information content (AvgIpc) is 3.55. The number of aliphatic imine (C=N–C) groups is 1. The number of fused-ring (bicyclic) bond motifs is 1. The van der Waals surface area contributed by atoms with Crippen LogP contribution in [0.25, 0.3) is 0 Å². The van der Waals surface area contributed by atoms with E-state index in [0.29, 0.717) is 5.54 Å². The summed E-state index contributed by atoms with van der Waals surface area (Å²) in [6, 6.07) is 4.62. The fraction of sp³-hybridized carbons (Fsp3) is 0.615. The molecule has 33 heavy (non-hydrogen) atoms. The fourth-order valence-electron chi connectivity index (χ4n) is 6.30. The Morgan fingerprint density at radius 3 is 2.85 bits per heavy atom. The number of nitrogens with zero attached hydrogens (tertiary/aromatic N) is 5. The number of piperazine rings is 1. The van der Waals surface area contributed by atoms with Crippen LogP contribution in [0.2, 0.25) is 0 Å². The summed E-state index contributed by atoms with van der Waals surface area (Å²) in [4.78, 5) is 17.4. The zero-order valence-electron chi connectivity index (χ0n) is 20.0. The van der Waals surface area contributed by atoms with Crippen molar-refractivity contribution in [2.24, 2.45) is 4.99 Å². The number of alkyl halides is 1. The lowest BCUT2D eigenvalue weighted by Crippen LogP contribution is -2.59. The van der Waals surface area contributed by atoms with Gasteiger partial charge in [-0.1, -0.05) is 23.7 Å². The molecular weight excluding hydrogens is 432 g/mol. The van der Waals surface area contributed by atoms with Crippen molar-refractivity contribution in [1.82, 2.24) is 25.0 Å². The number of hydrogen-bond donors (Lipinski definition) is 1. The summed E-state index contributed by atoms with van der Waals surface area (Å²) >= 11 is 7.32. The SMILES string of the molecule is Cc1cccnc1[C@@H]1CCC[C@H](C2(C)N=C3C=CC=C(N4CCN(C)C5(CC5)C4)N3C2Cl)N1. The Bertz CT molecular complexity index is 1030. The summed E-state index contributed by atoms with van der Waals surface area (Å²) in [5.41, 5.74) is 2.14. The highest BCUT2D eigenvalue weighted by atomic mass is 35.5. The van der Waals surface area contributed by atoms with E-state index in [9.17, 15) is 0 Å². The minimum atomic E-state index is -0.407. The predicted molar refractivity (Wildman–Crippen MR) is 133 cm³/mol. The molecule has 4 atom stereocenters. The summed E-state index contributed by atoms with van der Waals surface area (Å²) in [5, 5.41) is 3.91. The van der Waals surface area contributed by atoms with E-state index in [1.807, 2.05) is 12.3 Å². The Morgan fingerprint density at radius 1 is 1.21 bits per heavy atom. The van der Waals surface area contributed by atoms with E-state index >= 15 is 0 Å². The van der Waals surface area contributed by atoms with Gasteiger partial charge >= 0.3 is 0 Å². The van der Waals surface area contributed by atoms with E-state index in [-0.39, 0.29) is 17.6 Å². The van der Waals surface area contributed by atoms with E-state index in [2.05, 4.69) is 65.2 Å². The van der Waals surface area contributed by atoms with Crippen LogP contribution in [0.1, 0.15) is 56.3 Å². The van der Waals surface area contributed by atoms with Crippen molar-refractivity contribution in [1.29, 1.82) is 0 Å². The lowest BCUT2D eigenvalue weighted by atomic mass is 9.83. The van der Waals surface area contributed by atoms with Gasteiger partial charge in [0.15, 0.2) is 0 Å². The van der Waals surface area contributed by atoms with Crippen LogP contribution in [0.4, 0.5) is 0 Å². The molecule has 1 aromatic rings. The van der Waals surface area contributed by atoms with Gasteiger partial charge in [0.25, 0.3) is 0 Å². The number of allylic oxidation sites excluding steroid dienone is 2. The minimum Gasteiger partial charge on any atom is -0.355 e. The quantitative estimate of drug-likeness (QED) is 0.542. The molecule has 3 fully saturated rings. The van der Waals surface area contributed by atoms with Crippen molar-refractivity contribution in [2.45, 2.75) is 74.6 Å². The van der Waals surface area contributed by atoms with Crippen LogP contribution < -0.4 is 5.32 Å². The van der Waals surface area contributed by atoms with Gasteiger partial charge < -0.3 is 10.2 Å². The zero-order chi connectivity index (χ0) is 22.8. The number of likely N-dealkylation sites (N-methyl/N-ethyl adjacent to an activating group) is 1. The summed E-state index contributed by atoms with van der Waals surface area (Å²) < 4.78 is 0. The van der Waals surface area contributed by atoms with E-state index in [1.54, 1.807) is 0 Å². The smallest absolute Gasteiger partial charge is 0.138 e. The Kier molecular flexibility index (Phi) is 5.13. The van der Waals surface area contributed by atoms with E-state index in [0.717, 1.165) is 50.4 Å². The van der Waals surface area contributed by atoms with Crippen molar-refractivity contribution < 1.29 is 0 Å². The molecule has 2 unspecified atom stereocenters. The van der Waals surface area contributed by atoms with Gasteiger partial charge in [-0.15, -0.1) is 0 Å². The van der Waals surface area contributed by atoms with Crippen LogP contribution in [0.3, 0.4) is 0 Å². The van der Waals surface area contributed by atoms with Crippen LogP contribution in [0.5, 0.6) is 0 Å². The number of amidine groups is 1. The van der Waals surface area contributed by atoms with Crippen molar-refractivity contribution in [2.75, 3.05) is 26.7 Å². The first-order valence-corrected chi connectivity index (χ1v) is 12.9. The topological polar surface area (TPSA) is 47.0 Å². The molecule has 1 aliphatic carbocycles. The second-order valence-electron chi connectivity index (χ2n) is 10.8. The molecular formula is C26H35ClN6. The van der Waals surface area contributed by atoms with Gasteiger partial charge in [-0.25, -0.2) is 0 Å². The molecule has 5 aliphatic rings. The molecule has 4 aliphatic heterocycles. The molecule has 0 bridgehead atoms. The van der Waals surface area contributed by atoms with Crippen molar-refractivity contribution >= 4 is 17.4 Å². The van der Waals surface area contributed by atoms with E-state index in [1.165, 1.54) is 24.2 Å². The first kappa shape index (κ1) is 21.6.